The number of aliphatic carboxylic acids is 1. The molecule has 0 bridgehead atoms. The van der Waals surface area contributed by atoms with E-state index in [1.165, 1.54) is 7.05 Å². The molecular weight excluding hydrogens is 303 g/mol. The Morgan fingerprint density at radius 1 is 1.33 bits per heavy atom. The fourth-order valence-electron chi connectivity index (χ4n) is 1.63. The highest BCUT2D eigenvalue weighted by Crippen LogP contribution is 2.13. The van der Waals surface area contributed by atoms with Crippen molar-refractivity contribution in [1.82, 2.24) is 10.2 Å². The van der Waals surface area contributed by atoms with Gasteiger partial charge in [-0.2, -0.15) is 13.2 Å². The number of rotatable bonds is 3. The summed E-state index contributed by atoms with van der Waals surface area (Å²) in [6.07, 6.45) is -4.73. The molecule has 1 heterocycles. The molecule has 124 valence electrons. The zero-order valence-corrected chi connectivity index (χ0v) is 11.3. The Balaban J connectivity index is 0.000000486. The fraction of sp³-hybridized carbons (Fsp3) is 0.818. The number of carboxylic acid groups (broad SMARTS) is 1. The maximum absolute atomic E-state index is 12.0. The number of nitrogens with one attached hydrogen (secondary N) is 1. The summed E-state index contributed by atoms with van der Waals surface area (Å²) in [5.41, 5.74) is 0. The molecular formula is C11H17F5N2O3. The molecule has 0 aromatic heterocycles. The van der Waals surface area contributed by atoms with Crippen LogP contribution in [0.3, 0.4) is 0 Å². The lowest BCUT2D eigenvalue weighted by Crippen LogP contribution is -2.48. The second-order valence-electron chi connectivity index (χ2n) is 4.42. The first-order chi connectivity index (χ1) is 9.55. The summed E-state index contributed by atoms with van der Waals surface area (Å²) in [5, 5.41) is 10.2. The summed E-state index contributed by atoms with van der Waals surface area (Å²) in [6, 6.07) is -0.257. The van der Waals surface area contributed by atoms with Crippen molar-refractivity contribution in [3.63, 3.8) is 0 Å². The van der Waals surface area contributed by atoms with Gasteiger partial charge in [0.15, 0.2) is 0 Å². The molecule has 0 aromatic rings. The number of hydrogen-bond acceptors (Lipinski definition) is 3. The highest BCUT2D eigenvalue weighted by atomic mass is 19.4. The van der Waals surface area contributed by atoms with E-state index in [2.05, 4.69) is 5.32 Å². The quantitative estimate of drug-likeness (QED) is 0.773. The topological polar surface area (TPSA) is 69.6 Å². The monoisotopic (exact) mass is 320 g/mol. The van der Waals surface area contributed by atoms with Gasteiger partial charge >= 0.3 is 12.1 Å². The Morgan fingerprint density at radius 3 is 2.19 bits per heavy atom. The Hall–Kier alpha value is -1.45. The van der Waals surface area contributed by atoms with E-state index in [4.69, 9.17) is 9.90 Å². The Kier molecular flexibility index (Phi) is 8.15. The maximum atomic E-state index is 12.0. The minimum Gasteiger partial charge on any atom is -0.475 e. The van der Waals surface area contributed by atoms with E-state index >= 15 is 0 Å². The van der Waals surface area contributed by atoms with E-state index in [0.29, 0.717) is 0 Å². The fourth-order valence-corrected chi connectivity index (χ4v) is 1.63. The lowest BCUT2D eigenvalue weighted by molar-refractivity contribution is -0.192. The van der Waals surface area contributed by atoms with Gasteiger partial charge in [0.1, 0.15) is 0 Å². The molecule has 0 aromatic carbocycles. The third-order valence-electron chi connectivity index (χ3n) is 2.64. The predicted molar refractivity (Wildman–Crippen MR) is 63.0 cm³/mol. The second-order valence-corrected chi connectivity index (χ2v) is 4.42. The molecule has 0 unspecified atom stereocenters. The molecule has 1 saturated heterocycles. The van der Waals surface area contributed by atoms with Crippen LogP contribution < -0.4 is 5.32 Å². The van der Waals surface area contributed by atoms with Gasteiger partial charge in [0.05, 0.1) is 12.6 Å². The van der Waals surface area contributed by atoms with Crippen LogP contribution >= 0.6 is 0 Å². The van der Waals surface area contributed by atoms with Gasteiger partial charge in [0, 0.05) is 7.05 Å². The maximum Gasteiger partial charge on any atom is 0.490 e. The van der Waals surface area contributed by atoms with Crippen LogP contribution in [0.4, 0.5) is 22.0 Å². The van der Waals surface area contributed by atoms with Crippen molar-refractivity contribution in [1.29, 1.82) is 0 Å². The first-order valence-electron chi connectivity index (χ1n) is 6.12. The molecule has 1 amide bonds. The molecule has 2 N–H and O–H groups in total. The van der Waals surface area contributed by atoms with E-state index in [1.54, 1.807) is 0 Å². The predicted octanol–water partition coefficient (Wildman–Crippen LogP) is 1.49. The summed E-state index contributed by atoms with van der Waals surface area (Å²) in [4.78, 5) is 21.6. The van der Waals surface area contributed by atoms with Gasteiger partial charge in [0.2, 0.25) is 5.91 Å². The molecule has 0 radical (unpaired) electrons. The van der Waals surface area contributed by atoms with Crippen molar-refractivity contribution < 1.29 is 36.6 Å². The number of piperidine rings is 1. The van der Waals surface area contributed by atoms with Crippen LogP contribution in [0, 0.1) is 0 Å². The minimum atomic E-state index is -5.08. The molecule has 0 spiro atoms. The van der Waals surface area contributed by atoms with Crippen molar-refractivity contribution in [3.05, 3.63) is 0 Å². The number of amides is 1. The third-order valence-corrected chi connectivity index (χ3v) is 2.64. The first kappa shape index (κ1) is 19.6. The van der Waals surface area contributed by atoms with Crippen LogP contribution in [0.25, 0.3) is 0 Å². The number of nitrogens with zero attached hydrogens (tertiary/aromatic N) is 1. The van der Waals surface area contributed by atoms with Crippen LogP contribution in [0.1, 0.15) is 19.3 Å². The van der Waals surface area contributed by atoms with E-state index < -0.39 is 25.1 Å². The summed E-state index contributed by atoms with van der Waals surface area (Å²) >= 11 is 0. The molecule has 10 heteroatoms. The normalized spacial score (nSPS) is 18.7. The SMILES string of the molecule is CN(CC(F)F)C(=O)[C@H]1CCCCN1.O=C(O)C(F)(F)F. The number of likely N-dealkylation sites (N-methyl/N-ethyl adjacent to an activating group) is 1. The molecule has 1 aliphatic rings. The summed E-state index contributed by atoms with van der Waals surface area (Å²) < 4.78 is 55.7. The van der Waals surface area contributed by atoms with Crippen LogP contribution in [0.2, 0.25) is 0 Å². The molecule has 0 aliphatic carbocycles. The minimum absolute atomic E-state index is 0.218. The second kappa shape index (κ2) is 8.75. The van der Waals surface area contributed by atoms with Gasteiger partial charge in [-0.15, -0.1) is 0 Å². The van der Waals surface area contributed by atoms with Crippen LogP contribution in [0.5, 0.6) is 0 Å². The Bertz CT molecular complexity index is 343. The van der Waals surface area contributed by atoms with Gasteiger partial charge in [-0.1, -0.05) is 6.42 Å². The summed E-state index contributed by atoms with van der Waals surface area (Å²) in [6.45, 7) is 0.329. The zero-order chi connectivity index (χ0) is 16.6. The van der Waals surface area contributed by atoms with E-state index in [9.17, 15) is 26.7 Å². The number of carbonyl (C=O) groups excluding carboxylic acids is 1. The molecule has 1 aliphatic heterocycles. The van der Waals surface area contributed by atoms with Crippen LogP contribution in [-0.4, -0.2) is 60.7 Å². The number of hydrogen-bond donors (Lipinski definition) is 2. The van der Waals surface area contributed by atoms with Crippen molar-refractivity contribution in [2.24, 2.45) is 0 Å². The van der Waals surface area contributed by atoms with E-state index in [-0.39, 0.29) is 11.9 Å². The standard InChI is InChI=1S/C9H16F2N2O.C2HF3O2/c1-13(6-8(10)11)9(14)7-4-2-3-5-12-7;3-2(4,5)1(6)7/h7-8,12H,2-6H2,1H3;(H,6,7)/t7-;/m1./s1. The van der Waals surface area contributed by atoms with Gasteiger partial charge in [0.25, 0.3) is 6.43 Å². The average Bonchev–Trinajstić information content (AvgIpc) is 2.37. The number of alkyl halides is 5. The average molecular weight is 320 g/mol. The lowest BCUT2D eigenvalue weighted by atomic mass is 10.0. The number of halogens is 5. The largest absolute Gasteiger partial charge is 0.490 e. The van der Waals surface area contributed by atoms with Gasteiger partial charge in [-0.25, -0.2) is 13.6 Å². The van der Waals surface area contributed by atoms with Crippen molar-refractivity contribution >= 4 is 11.9 Å². The number of carboxylic acids is 1. The van der Waals surface area contributed by atoms with Crippen molar-refractivity contribution in [2.45, 2.75) is 37.9 Å². The van der Waals surface area contributed by atoms with Gasteiger partial charge in [-0.3, -0.25) is 4.79 Å². The Labute approximate surface area is 118 Å². The van der Waals surface area contributed by atoms with Crippen molar-refractivity contribution in [3.8, 4) is 0 Å². The summed E-state index contributed by atoms with van der Waals surface area (Å²) in [5.74, 6) is -2.97. The Morgan fingerprint density at radius 2 is 1.86 bits per heavy atom. The van der Waals surface area contributed by atoms with Crippen LogP contribution in [-0.2, 0) is 9.59 Å². The molecule has 5 nitrogen and oxygen atoms in total. The third kappa shape index (κ3) is 8.43. The summed E-state index contributed by atoms with van der Waals surface area (Å²) in [7, 11) is 1.42. The highest BCUT2D eigenvalue weighted by molar-refractivity contribution is 5.81. The van der Waals surface area contributed by atoms with Crippen molar-refractivity contribution in [2.75, 3.05) is 20.1 Å². The first-order valence-corrected chi connectivity index (χ1v) is 6.12. The molecule has 1 fully saturated rings. The molecule has 1 rings (SSSR count). The zero-order valence-electron chi connectivity index (χ0n) is 11.3. The highest BCUT2D eigenvalue weighted by Gasteiger charge is 2.38. The number of carbonyl (C=O) groups is 2. The molecule has 0 saturated carbocycles. The van der Waals surface area contributed by atoms with E-state index in [0.717, 1.165) is 30.7 Å². The van der Waals surface area contributed by atoms with Gasteiger partial charge in [-0.05, 0) is 19.4 Å². The molecule has 1 atom stereocenters. The molecule has 21 heavy (non-hydrogen) atoms. The van der Waals surface area contributed by atoms with E-state index in [1.807, 2.05) is 0 Å². The lowest BCUT2D eigenvalue weighted by Gasteiger charge is -2.27. The van der Waals surface area contributed by atoms with Crippen LogP contribution in [0.15, 0.2) is 0 Å². The smallest absolute Gasteiger partial charge is 0.475 e. The van der Waals surface area contributed by atoms with Gasteiger partial charge < -0.3 is 15.3 Å².